The fourth-order valence-electron chi connectivity index (χ4n) is 2.28. The second-order valence-corrected chi connectivity index (χ2v) is 5.71. The van der Waals surface area contributed by atoms with Gasteiger partial charge in [0.05, 0.1) is 13.1 Å². The molecule has 0 fully saturated rings. The van der Waals surface area contributed by atoms with Crippen LogP contribution in [0.1, 0.15) is 13.8 Å². The summed E-state index contributed by atoms with van der Waals surface area (Å²) in [6.45, 7) is 4.80. The fraction of sp³-hybridized carbons (Fsp3) is 0.300. The molecule has 2 rings (SSSR count). The Balaban J connectivity index is 1.82. The smallest absolute Gasteiger partial charge is 0.216 e. The van der Waals surface area contributed by atoms with Gasteiger partial charge in [0.25, 0.3) is 0 Å². The minimum Gasteiger partial charge on any atom is -0.492 e. The normalized spacial score (nSPS) is 10.1. The Labute approximate surface area is 153 Å². The van der Waals surface area contributed by atoms with Crippen molar-refractivity contribution in [3.05, 3.63) is 48.5 Å². The molecule has 0 aliphatic carbocycles. The highest BCUT2D eigenvalue weighted by atomic mass is 16.5. The summed E-state index contributed by atoms with van der Waals surface area (Å²) in [5, 5.41) is 5.37. The Kier molecular flexibility index (Phi) is 7.49. The van der Waals surface area contributed by atoms with Gasteiger partial charge in [-0.3, -0.25) is 9.59 Å². The van der Waals surface area contributed by atoms with E-state index >= 15 is 0 Å². The largest absolute Gasteiger partial charge is 0.492 e. The molecule has 2 aromatic carbocycles. The van der Waals surface area contributed by atoms with E-state index in [1.54, 1.807) is 0 Å². The zero-order valence-corrected chi connectivity index (χ0v) is 15.1. The quantitative estimate of drug-likeness (QED) is 0.677. The van der Waals surface area contributed by atoms with Crippen LogP contribution in [0.25, 0.3) is 11.1 Å². The first kappa shape index (κ1) is 19.3. The molecule has 138 valence electrons. The summed E-state index contributed by atoms with van der Waals surface area (Å²) in [7, 11) is 0. The van der Waals surface area contributed by atoms with Crippen molar-refractivity contribution in [3.63, 3.8) is 0 Å². The molecule has 0 aliphatic rings. The number of benzene rings is 2. The number of ether oxygens (including phenoxy) is 2. The lowest BCUT2D eigenvalue weighted by atomic mass is 10.1. The van der Waals surface area contributed by atoms with Crippen molar-refractivity contribution >= 4 is 11.8 Å². The van der Waals surface area contributed by atoms with Crippen molar-refractivity contribution < 1.29 is 19.1 Å². The Hall–Kier alpha value is -3.02. The van der Waals surface area contributed by atoms with E-state index < -0.39 is 0 Å². The molecule has 0 atom stereocenters. The molecule has 6 nitrogen and oxygen atoms in total. The molecule has 0 unspecified atom stereocenters. The second kappa shape index (κ2) is 10.1. The lowest BCUT2D eigenvalue weighted by Gasteiger charge is -2.09. The van der Waals surface area contributed by atoms with Gasteiger partial charge in [0.1, 0.15) is 24.7 Å². The molecule has 2 N–H and O–H groups in total. The highest BCUT2D eigenvalue weighted by Gasteiger charge is 2.01. The number of hydrogen-bond donors (Lipinski definition) is 2. The number of carbonyl (C=O) groups excluding carboxylic acids is 2. The zero-order chi connectivity index (χ0) is 18.8. The first-order valence-electron chi connectivity index (χ1n) is 8.49. The molecule has 0 radical (unpaired) electrons. The van der Waals surface area contributed by atoms with E-state index in [2.05, 4.69) is 10.6 Å². The van der Waals surface area contributed by atoms with E-state index in [0.29, 0.717) is 26.3 Å². The number of hydrogen-bond acceptors (Lipinski definition) is 4. The third-order valence-electron chi connectivity index (χ3n) is 3.53. The van der Waals surface area contributed by atoms with Crippen molar-refractivity contribution in [3.8, 4) is 22.6 Å². The van der Waals surface area contributed by atoms with Crippen LogP contribution in [0.2, 0.25) is 0 Å². The SMILES string of the molecule is CC(=O)NCCOc1ccc(-c2ccc(OCCNC(C)=O)cc2)cc1. The summed E-state index contributed by atoms with van der Waals surface area (Å²) in [6.07, 6.45) is 0. The van der Waals surface area contributed by atoms with Gasteiger partial charge < -0.3 is 20.1 Å². The van der Waals surface area contributed by atoms with Crippen LogP contribution in [0, 0.1) is 0 Å². The highest BCUT2D eigenvalue weighted by molar-refractivity contribution is 5.73. The van der Waals surface area contributed by atoms with E-state index in [4.69, 9.17) is 9.47 Å². The van der Waals surface area contributed by atoms with E-state index in [0.717, 1.165) is 22.6 Å². The molecule has 0 saturated heterocycles. The van der Waals surface area contributed by atoms with E-state index in [9.17, 15) is 9.59 Å². The maximum atomic E-state index is 10.8. The van der Waals surface area contributed by atoms with E-state index in [1.807, 2.05) is 48.5 Å². The highest BCUT2D eigenvalue weighted by Crippen LogP contribution is 2.24. The van der Waals surface area contributed by atoms with Gasteiger partial charge >= 0.3 is 0 Å². The Morgan fingerprint density at radius 2 is 1.04 bits per heavy atom. The number of amides is 2. The van der Waals surface area contributed by atoms with Crippen molar-refractivity contribution in [2.75, 3.05) is 26.3 Å². The molecule has 6 heteroatoms. The molecule has 2 aromatic rings. The van der Waals surface area contributed by atoms with Crippen LogP contribution in [0.5, 0.6) is 11.5 Å². The summed E-state index contributed by atoms with van der Waals surface area (Å²) >= 11 is 0. The lowest BCUT2D eigenvalue weighted by Crippen LogP contribution is -2.25. The van der Waals surface area contributed by atoms with E-state index in [-0.39, 0.29) is 11.8 Å². The summed E-state index contributed by atoms with van der Waals surface area (Å²) in [5.41, 5.74) is 2.15. The van der Waals surface area contributed by atoms with Crippen molar-refractivity contribution in [2.45, 2.75) is 13.8 Å². The van der Waals surface area contributed by atoms with Crippen molar-refractivity contribution in [1.82, 2.24) is 10.6 Å². The first-order chi connectivity index (χ1) is 12.5. The van der Waals surface area contributed by atoms with Crippen LogP contribution in [-0.4, -0.2) is 38.1 Å². The van der Waals surface area contributed by atoms with Gasteiger partial charge in [0.15, 0.2) is 0 Å². The van der Waals surface area contributed by atoms with Gasteiger partial charge in [-0.1, -0.05) is 24.3 Å². The van der Waals surface area contributed by atoms with Gasteiger partial charge in [0.2, 0.25) is 11.8 Å². The molecule has 0 bridgehead atoms. The fourth-order valence-corrected chi connectivity index (χ4v) is 2.28. The second-order valence-electron chi connectivity index (χ2n) is 5.71. The molecule has 26 heavy (non-hydrogen) atoms. The maximum Gasteiger partial charge on any atom is 0.216 e. The van der Waals surface area contributed by atoms with Gasteiger partial charge in [-0.2, -0.15) is 0 Å². The molecular formula is C20H24N2O4. The van der Waals surface area contributed by atoms with Crippen molar-refractivity contribution in [1.29, 1.82) is 0 Å². The summed E-state index contributed by atoms with van der Waals surface area (Å²) in [4.78, 5) is 21.6. The van der Waals surface area contributed by atoms with Gasteiger partial charge in [-0.15, -0.1) is 0 Å². The topological polar surface area (TPSA) is 76.7 Å². The number of rotatable bonds is 9. The van der Waals surface area contributed by atoms with Crippen LogP contribution in [0.4, 0.5) is 0 Å². The predicted octanol–water partition coefficient (Wildman–Crippen LogP) is 2.38. The van der Waals surface area contributed by atoms with Crippen LogP contribution >= 0.6 is 0 Å². The Morgan fingerprint density at radius 1 is 0.692 bits per heavy atom. The summed E-state index contributed by atoms with van der Waals surface area (Å²) < 4.78 is 11.1. The number of carbonyl (C=O) groups is 2. The monoisotopic (exact) mass is 356 g/mol. The standard InChI is InChI=1S/C20H24N2O4/c1-15(23)21-11-13-25-19-7-3-17(4-8-19)18-5-9-20(10-6-18)26-14-12-22-16(2)24/h3-10H,11-14H2,1-2H3,(H,21,23)(H,22,24). The Bertz CT molecular complexity index is 648. The van der Waals surface area contributed by atoms with Gasteiger partial charge in [0, 0.05) is 13.8 Å². The predicted molar refractivity (Wildman–Crippen MR) is 100 cm³/mol. The third-order valence-corrected chi connectivity index (χ3v) is 3.53. The first-order valence-corrected chi connectivity index (χ1v) is 8.49. The van der Waals surface area contributed by atoms with Gasteiger partial charge in [-0.05, 0) is 35.4 Å². The molecule has 2 amide bonds. The maximum absolute atomic E-state index is 10.8. The van der Waals surface area contributed by atoms with Crippen LogP contribution in [-0.2, 0) is 9.59 Å². The third kappa shape index (κ3) is 6.84. The minimum atomic E-state index is -0.0634. The van der Waals surface area contributed by atoms with Crippen LogP contribution in [0.15, 0.2) is 48.5 Å². The van der Waals surface area contributed by atoms with Crippen LogP contribution < -0.4 is 20.1 Å². The lowest BCUT2D eigenvalue weighted by molar-refractivity contribution is -0.119. The Morgan fingerprint density at radius 3 is 1.35 bits per heavy atom. The molecule has 0 aliphatic heterocycles. The average molecular weight is 356 g/mol. The molecule has 0 heterocycles. The van der Waals surface area contributed by atoms with Crippen LogP contribution in [0.3, 0.4) is 0 Å². The molecule has 0 aromatic heterocycles. The molecule has 0 spiro atoms. The summed E-state index contributed by atoms with van der Waals surface area (Å²) in [6, 6.07) is 15.6. The summed E-state index contributed by atoms with van der Waals surface area (Å²) in [5.74, 6) is 1.40. The zero-order valence-electron chi connectivity index (χ0n) is 15.1. The molecule has 0 saturated carbocycles. The minimum absolute atomic E-state index is 0.0634. The molecular weight excluding hydrogens is 332 g/mol. The number of nitrogens with one attached hydrogen (secondary N) is 2. The van der Waals surface area contributed by atoms with Crippen molar-refractivity contribution in [2.24, 2.45) is 0 Å². The average Bonchev–Trinajstić information content (AvgIpc) is 2.63. The van der Waals surface area contributed by atoms with Gasteiger partial charge in [-0.25, -0.2) is 0 Å². The van der Waals surface area contributed by atoms with E-state index in [1.165, 1.54) is 13.8 Å².